The van der Waals surface area contributed by atoms with Gasteiger partial charge in [0.25, 0.3) is 0 Å². The molecule has 0 amide bonds. The molecule has 0 bridgehead atoms. The van der Waals surface area contributed by atoms with Crippen LogP contribution in [-0.2, 0) is 10.8 Å². The Bertz CT molecular complexity index is 1110. The first-order chi connectivity index (χ1) is 17.0. The van der Waals surface area contributed by atoms with Crippen molar-refractivity contribution in [3.05, 3.63) is 88.7 Å². The first kappa shape index (κ1) is 29.9. The van der Waals surface area contributed by atoms with Crippen LogP contribution in [0.5, 0.6) is 5.75 Å². The zero-order valence-corrected chi connectivity index (χ0v) is 21.4. The third-order valence-corrected chi connectivity index (χ3v) is 5.25. The normalized spacial score (nSPS) is 11.4. The lowest BCUT2D eigenvalue weighted by atomic mass is 9.87. The molecule has 5 nitrogen and oxygen atoms in total. The maximum Gasteiger partial charge on any atom is 0.707 e. The number of anilines is 2. The van der Waals surface area contributed by atoms with Gasteiger partial charge in [0.05, 0.1) is 11.4 Å². The Kier molecular flexibility index (Phi) is 9.57. The van der Waals surface area contributed by atoms with Crippen molar-refractivity contribution in [2.45, 2.75) is 52.4 Å². The highest BCUT2D eigenvalue weighted by molar-refractivity contribution is 6.33. The molecule has 0 unspecified atom stereocenters. The Hall–Kier alpha value is -3.31. The van der Waals surface area contributed by atoms with Crippen molar-refractivity contribution in [2.24, 2.45) is 0 Å². The van der Waals surface area contributed by atoms with Crippen molar-refractivity contribution in [3.8, 4) is 5.75 Å². The van der Waals surface area contributed by atoms with Crippen LogP contribution in [0.2, 0.25) is 0 Å². The number of hydrazine groups is 1. The van der Waals surface area contributed by atoms with Crippen molar-refractivity contribution in [1.82, 2.24) is 0 Å². The molecule has 0 radical (unpaired) electrons. The van der Waals surface area contributed by atoms with E-state index in [9.17, 15) is 22.0 Å². The fourth-order valence-electron chi connectivity index (χ4n) is 3.05. The van der Waals surface area contributed by atoms with Gasteiger partial charge in [-0.15, -0.1) is 0 Å². The first-order valence-corrected chi connectivity index (χ1v) is 11.3. The summed E-state index contributed by atoms with van der Waals surface area (Å²) >= 11 is 0. The molecule has 0 aliphatic rings. The second-order valence-electron chi connectivity index (χ2n) is 10.2. The molecule has 0 aliphatic heterocycles. The van der Waals surface area contributed by atoms with E-state index in [4.69, 9.17) is 10.0 Å². The lowest BCUT2D eigenvalue weighted by Crippen LogP contribution is -2.23. The highest BCUT2D eigenvalue weighted by Gasteiger charge is 2.29. The van der Waals surface area contributed by atoms with Crippen LogP contribution >= 0.6 is 0 Å². The predicted molar refractivity (Wildman–Crippen MR) is 135 cm³/mol. The number of benzene rings is 3. The van der Waals surface area contributed by atoms with Gasteiger partial charge in [-0.3, -0.25) is 0 Å². The van der Waals surface area contributed by atoms with Crippen LogP contribution in [0.3, 0.4) is 0 Å². The van der Waals surface area contributed by atoms with E-state index in [2.05, 4.69) is 106 Å². The third-order valence-electron chi connectivity index (χ3n) is 5.25. The van der Waals surface area contributed by atoms with E-state index in [0.717, 1.165) is 11.4 Å². The van der Waals surface area contributed by atoms with Gasteiger partial charge in [-0.05, 0) is 46.2 Å². The molecule has 3 aromatic rings. The van der Waals surface area contributed by atoms with Gasteiger partial charge in [-0.2, -0.15) is 8.78 Å². The van der Waals surface area contributed by atoms with E-state index >= 15 is 0 Å². The molecule has 0 saturated heterocycles. The van der Waals surface area contributed by atoms with Crippen molar-refractivity contribution >= 4 is 18.7 Å². The second kappa shape index (κ2) is 11.8. The third kappa shape index (κ3) is 8.09. The van der Waals surface area contributed by atoms with Crippen LogP contribution in [0.25, 0.3) is 0 Å². The highest BCUT2D eigenvalue weighted by Crippen LogP contribution is 2.29. The maximum absolute atomic E-state index is 12.7. The number of hydrogen-bond donors (Lipinski definition) is 4. The lowest BCUT2D eigenvalue weighted by Gasteiger charge is -2.20. The molecule has 200 valence electrons. The lowest BCUT2D eigenvalue weighted by molar-refractivity contribution is 0.263. The number of rotatable bonds is 5. The van der Waals surface area contributed by atoms with E-state index in [1.54, 1.807) is 0 Å². The van der Waals surface area contributed by atoms with Gasteiger partial charge in [0.15, 0.2) is 5.75 Å². The summed E-state index contributed by atoms with van der Waals surface area (Å²) in [6.45, 7) is 13.4. The summed E-state index contributed by atoms with van der Waals surface area (Å²) in [6, 6.07) is 17.1. The van der Waals surface area contributed by atoms with E-state index in [-0.39, 0.29) is 10.8 Å². The number of nitrogens with one attached hydrogen (secondary N) is 2. The molecule has 37 heavy (non-hydrogen) atoms. The van der Waals surface area contributed by atoms with Crippen molar-refractivity contribution in [1.29, 1.82) is 0 Å². The standard InChI is InChI=1S/C20H28N2.C6H2BF5O3/c1-19(2,3)15-7-11-17(12-8-15)21-22-18-13-9-16(10-14-18)20(4,5)6;8-1-2(9)4(11)6(15-7(13)14)5(12)3(1)10/h7-14,21-22H,1-6H3;13-14H. The summed E-state index contributed by atoms with van der Waals surface area (Å²) in [7, 11) is -2.70. The van der Waals surface area contributed by atoms with Crippen LogP contribution in [-0.4, -0.2) is 17.4 Å². The number of halogens is 5. The fourth-order valence-corrected chi connectivity index (χ4v) is 3.05. The van der Waals surface area contributed by atoms with Crippen LogP contribution in [0.15, 0.2) is 48.5 Å². The molecule has 4 N–H and O–H groups in total. The summed E-state index contributed by atoms with van der Waals surface area (Å²) in [6.07, 6.45) is 0. The van der Waals surface area contributed by atoms with Crippen molar-refractivity contribution in [3.63, 3.8) is 0 Å². The second-order valence-corrected chi connectivity index (χ2v) is 10.2. The quantitative estimate of drug-likeness (QED) is 0.102. The van der Waals surface area contributed by atoms with Gasteiger partial charge < -0.3 is 25.6 Å². The molecule has 0 heterocycles. The molecule has 11 heteroatoms. The van der Waals surface area contributed by atoms with E-state index < -0.39 is 42.2 Å². The van der Waals surface area contributed by atoms with Crippen LogP contribution in [0.4, 0.5) is 33.3 Å². The Morgan fingerprint density at radius 3 is 1.14 bits per heavy atom. The minimum atomic E-state index is -2.70. The van der Waals surface area contributed by atoms with Gasteiger partial charge >= 0.3 is 7.32 Å². The molecular weight excluding hydrogens is 494 g/mol. The number of hydrogen-bond acceptors (Lipinski definition) is 5. The van der Waals surface area contributed by atoms with Gasteiger partial charge in [-0.1, -0.05) is 65.8 Å². The smallest absolute Gasteiger partial charge is 0.507 e. The summed E-state index contributed by atoms with van der Waals surface area (Å²) in [4.78, 5) is 0. The molecule has 0 fully saturated rings. The average molecular weight is 524 g/mol. The Morgan fingerprint density at radius 2 is 0.865 bits per heavy atom. The zero-order valence-electron chi connectivity index (χ0n) is 21.4. The van der Waals surface area contributed by atoms with Crippen LogP contribution < -0.4 is 15.5 Å². The van der Waals surface area contributed by atoms with E-state index in [1.165, 1.54) is 11.1 Å². The van der Waals surface area contributed by atoms with Crippen LogP contribution in [0, 0.1) is 29.1 Å². The molecular formula is C26H30BF5N2O3. The van der Waals surface area contributed by atoms with E-state index in [0.29, 0.717) is 0 Å². The Balaban J connectivity index is 0.000000281. The first-order valence-electron chi connectivity index (χ1n) is 11.3. The summed E-state index contributed by atoms with van der Waals surface area (Å²) < 4.78 is 66.3. The molecule has 3 rings (SSSR count). The fraction of sp³-hybridized carbons (Fsp3) is 0.308. The topological polar surface area (TPSA) is 73.8 Å². The summed E-state index contributed by atoms with van der Waals surface area (Å²) in [5, 5.41) is 16.3. The largest absolute Gasteiger partial charge is 0.707 e. The predicted octanol–water partition coefficient (Wildman–Crippen LogP) is 6.45. The molecule has 0 spiro atoms. The van der Waals surface area contributed by atoms with Crippen molar-refractivity contribution < 1.29 is 36.7 Å². The Labute approximate surface area is 213 Å². The van der Waals surface area contributed by atoms with Gasteiger partial charge in [0.1, 0.15) is 0 Å². The minimum Gasteiger partial charge on any atom is -0.507 e. The molecule has 0 atom stereocenters. The van der Waals surface area contributed by atoms with Crippen LogP contribution in [0.1, 0.15) is 52.7 Å². The Morgan fingerprint density at radius 1 is 0.568 bits per heavy atom. The maximum atomic E-state index is 12.7. The highest BCUT2D eigenvalue weighted by atomic mass is 19.2. The van der Waals surface area contributed by atoms with E-state index in [1.807, 2.05) is 0 Å². The summed E-state index contributed by atoms with van der Waals surface area (Å²) in [5.74, 6) is -13.1. The molecule has 0 saturated carbocycles. The van der Waals surface area contributed by atoms with Gasteiger partial charge in [0, 0.05) is 0 Å². The monoisotopic (exact) mass is 524 g/mol. The van der Waals surface area contributed by atoms with Gasteiger partial charge in [0.2, 0.25) is 29.1 Å². The molecule has 0 aliphatic carbocycles. The van der Waals surface area contributed by atoms with Crippen molar-refractivity contribution in [2.75, 3.05) is 10.9 Å². The SMILES string of the molecule is CC(C)(C)c1ccc(NNc2ccc(C(C)(C)C)cc2)cc1.OB(O)Oc1c(F)c(F)c(F)c(F)c1F. The van der Waals surface area contributed by atoms with Gasteiger partial charge in [-0.25, -0.2) is 13.2 Å². The minimum absolute atomic E-state index is 0.189. The molecule has 0 aromatic heterocycles. The average Bonchev–Trinajstić information content (AvgIpc) is 2.82. The summed E-state index contributed by atoms with van der Waals surface area (Å²) in [5.41, 5.74) is 11.7. The molecule has 3 aromatic carbocycles. The zero-order chi connectivity index (χ0) is 28.1.